The van der Waals surface area contributed by atoms with Gasteiger partial charge in [0.2, 0.25) is 0 Å². The molecule has 2 aliphatic rings. The van der Waals surface area contributed by atoms with E-state index in [1.165, 1.54) is 0 Å². The van der Waals surface area contributed by atoms with Crippen molar-refractivity contribution < 1.29 is 14.6 Å². The number of fused-ring (bicyclic) bond motifs is 2. The van der Waals surface area contributed by atoms with Crippen molar-refractivity contribution in [3.8, 4) is 0 Å². The Morgan fingerprint density at radius 3 is 3.00 bits per heavy atom. The maximum atomic E-state index is 10.8. The maximum Gasteiger partial charge on any atom is 0.326 e. The Bertz CT molecular complexity index is 195. The molecule has 5 heteroatoms. The van der Waals surface area contributed by atoms with Crippen molar-refractivity contribution in [2.45, 2.75) is 24.4 Å². The first-order valence-corrected chi connectivity index (χ1v) is 3.82. The van der Waals surface area contributed by atoms with Gasteiger partial charge in [0.15, 0.2) is 0 Å². The van der Waals surface area contributed by atoms with E-state index < -0.39 is 11.5 Å². The summed E-state index contributed by atoms with van der Waals surface area (Å²) in [4.78, 5) is 10.8. The van der Waals surface area contributed by atoms with Crippen molar-refractivity contribution in [2.24, 2.45) is 0 Å². The van der Waals surface area contributed by atoms with Crippen molar-refractivity contribution in [2.75, 3.05) is 13.2 Å². The number of aliphatic carboxylic acids is 1. The van der Waals surface area contributed by atoms with E-state index in [4.69, 9.17) is 9.84 Å². The first kappa shape index (κ1) is 9.77. The molecular weight excluding hydrogens is 182 g/mol. The summed E-state index contributed by atoms with van der Waals surface area (Å²) in [5.41, 5.74) is -0.761. The summed E-state index contributed by atoms with van der Waals surface area (Å²) in [5, 5.41) is 12.0. The standard InChI is InChI=1S/C7H11NO3.ClH/c9-6(10)7-2-1-5(8-7)3-11-4-7;/h5,8H,1-4H2,(H,9,10);1H. The molecule has 0 aliphatic carbocycles. The smallest absolute Gasteiger partial charge is 0.326 e. The molecule has 0 radical (unpaired) electrons. The zero-order valence-electron chi connectivity index (χ0n) is 6.58. The number of carboxylic acids is 1. The quantitative estimate of drug-likeness (QED) is 0.616. The van der Waals surface area contributed by atoms with Crippen LogP contribution in [0.15, 0.2) is 0 Å². The van der Waals surface area contributed by atoms with Crippen LogP contribution >= 0.6 is 12.4 Å². The number of nitrogens with one attached hydrogen (secondary N) is 1. The van der Waals surface area contributed by atoms with Crippen molar-refractivity contribution in [1.82, 2.24) is 5.32 Å². The molecule has 2 fully saturated rings. The molecule has 2 atom stereocenters. The molecule has 2 unspecified atom stereocenters. The van der Waals surface area contributed by atoms with Crippen molar-refractivity contribution in [1.29, 1.82) is 0 Å². The first-order chi connectivity index (χ1) is 5.23. The number of hydrogen-bond donors (Lipinski definition) is 2. The SMILES string of the molecule is Cl.O=C(O)C12CCC(COC1)N2. The van der Waals surface area contributed by atoms with Crippen LogP contribution in [0, 0.1) is 0 Å². The van der Waals surface area contributed by atoms with E-state index in [-0.39, 0.29) is 18.4 Å². The van der Waals surface area contributed by atoms with E-state index in [9.17, 15) is 4.79 Å². The second-order valence-electron chi connectivity index (χ2n) is 3.28. The van der Waals surface area contributed by atoms with Gasteiger partial charge in [-0.3, -0.25) is 10.1 Å². The van der Waals surface area contributed by atoms with Gasteiger partial charge in [-0.25, -0.2) is 0 Å². The average Bonchev–Trinajstić information content (AvgIpc) is 2.29. The molecule has 70 valence electrons. The monoisotopic (exact) mass is 193 g/mol. The largest absolute Gasteiger partial charge is 0.480 e. The van der Waals surface area contributed by atoms with Gasteiger partial charge in [0.25, 0.3) is 0 Å². The molecule has 2 rings (SSSR count). The van der Waals surface area contributed by atoms with E-state index in [0.29, 0.717) is 19.6 Å². The molecule has 0 spiro atoms. The lowest BCUT2D eigenvalue weighted by molar-refractivity contribution is -0.149. The predicted octanol–water partition coefficient (Wildman–Crippen LogP) is 0.0138. The van der Waals surface area contributed by atoms with Gasteiger partial charge < -0.3 is 9.84 Å². The summed E-state index contributed by atoms with van der Waals surface area (Å²) >= 11 is 0. The van der Waals surface area contributed by atoms with Crippen LogP contribution in [-0.4, -0.2) is 35.9 Å². The van der Waals surface area contributed by atoms with Crippen LogP contribution in [0.5, 0.6) is 0 Å². The highest BCUT2D eigenvalue weighted by Gasteiger charge is 2.48. The maximum absolute atomic E-state index is 10.8. The number of halogens is 1. The van der Waals surface area contributed by atoms with Gasteiger partial charge in [0.05, 0.1) is 13.2 Å². The fourth-order valence-electron chi connectivity index (χ4n) is 1.80. The molecule has 0 saturated carbocycles. The molecular formula is C7H12ClNO3. The first-order valence-electron chi connectivity index (χ1n) is 3.82. The van der Waals surface area contributed by atoms with Crippen LogP contribution in [0.25, 0.3) is 0 Å². The normalized spacial score (nSPS) is 38.8. The Balaban J connectivity index is 0.000000720. The van der Waals surface area contributed by atoms with Gasteiger partial charge in [0, 0.05) is 6.04 Å². The molecule has 2 saturated heterocycles. The summed E-state index contributed by atoms with van der Waals surface area (Å²) in [5.74, 6) is -0.778. The van der Waals surface area contributed by atoms with Gasteiger partial charge in [0.1, 0.15) is 5.54 Å². The van der Waals surface area contributed by atoms with E-state index in [1.54, 1.807) is 0 Å². The lowest BCUT2D eigenvalue weighted by Crippen LogP contribution is -2.57. The van der Waals surface area contributed by atoms with Crippen LogP contribution in [0.1, 0.15) is 12.8 Å². The zero-order valence-corrected chi connectivity index (χ0v) is 7.39. The molecule has 0 aromatic heterocycles. The number of carboxylic acid groups (broad SMARTS) is 1. The van der Waals surface area contributed by atoms with Crippen molar-refractivity contribution in [3.63, 3.8) is 0 Å². The van der Waals surface area contributed by atoms with E-state index >= 15 is 0 Å². The average molecular weight is 194 g/mol. The highest BCUT2D eigenvalue weighted by molar-refractivity contribution is 5.85. The minimum atomic E-state index is -0.778. The summed E-state index contributed by atoms with van der Waals surface area (Å²) in [7, 11) is 0. The number of morpholine rings is 1. The predicted molar refractivity (Wildman–Crippen MR) is 44.6 cm³/mol. The van der Waals surface area contributed by atoms with E-state index in [1.807, 2.05) is 0 Å². The van der Waals surface area contributed by atoms with Gasteiger partial charge in [-0.2, -0.15) is 0 Å². The number of rotatable bonds is 1. The molecule has 0 amide bonds. The Hall–Kier alpha value is -0.320. The molecule has 2 heterocycles. The molecule has 2 N–H and O–H groups in total. The Morgan fingerprint density at radius 2 is 2.42 bits per heavy atom. The summed E-state index contributed by atoms with van der Waals surface area (Å²) in [6.45, 7) is 0.980. The minimum absolute atomic E-state index is 0. The number of hydrogen-bond acceptors (Lipinski definition) is 3. The third-order valence-corrected chi connectivity index (χ3v) is 2.48. The van der Waals surface area contributed by atoms with E-state index in [2.05, 4.69) is 5.32 Å². The van der Waals surface area contributed by atoms with Crippen LogP contribution in [0.3, 0.4) is 0 Å². The van der Waals surface area contributed by atoms with E-state index in [0.717, 1.165) is 6.42 Å². The van der Waals surface area contributed by atoms with Crippen molar-refractivity contribution >= 4 is 18.4 Å². The molecule has 2 aliphatic heterocycles. The molecule has 4 nitrogen and oxygen atoms in total. The lowest BCUT2D eigenvalue weighted by Gasteiger charge is -2.30. The molecule has 12 heavy (non-hydrogen) atoms. The van der Waals surface area contributed by atoms with Gasteiger partial charge >= 0.3 is 5.97 Å². The Labute approximate surface area is 76.7 Å². The molecule has 2 bridgehead atoms. The number of carbonyl (C=O) groups is 1. The molecule has 0 aromatic carbocycles. The van der Waals surface area contributed by atoms with Crippen LogP contribution in [-0.2, 0) is 9.53 Å². The van der Waals surface area contributed by atoms with Gasteiger partial charge in [-0.1, -0.05) is 0 Å². The highest BCUT2D eigenvalue weighted by atomic mass is 35.5. The summed E-state index contributed by atoms with van der Waals surface area (Å²) in [6, 6.07) is 0.264. The Morgan fingerprint density at radius 1 is 1.67 bits per heavy atom. The fourth-order valence-corrected chi connectivity index (χ4v) is 1.80. The van der Waals surface area contributed by atoms with Crippen molar-refractivity contribution in [3.05, 3.63) is 0 Å². The summed E-state index contributed by atoms with van der Waals surface area (Å²) < 4.78 is 5.18. The highest BCUT2D eigenvalue weighted by Crippen LogP contribution is 2.28. The zero-order chi connectivity index (χ0) is 7.90. The number of ether oxygens (including phenoxy) is 1. The van der Waals surface area contributed by atoms with Gasteiger partial charge in [-0.15, -0.1) is 12.4 Å². The minimum Gasteiger partial charge on any atom is -0.480 e. The topological polar surface area (TPSA) is 58.6 Å². The fraction of sp³-hybridized carbons (Fsp3) is 0.857. The second kappa shape index (κ2) is 3.20. The third kappa shape index (κ3) is 1.30. The Kier molecular flexibility index (Phi) is 2.61. The lowest BCUT2D eigenvalue weighted by atomic mass is 9.99. The molecule has 0 aromatic rings. The summed E-state index contributed by atoms with van der Waals surface area (Å²) in [6.07, 6.45) is 1.62. The van der Waals surface area contributed by atoms with Crippen LogP contribution in [0.4, 0.5) is 0 Å². The van der Waals surface area contributed by atoms with Gasteiger partial charge in [-0.05, 0) is 12.8 Å². The van der Waals surface area contributed by atoms with Crippen LogP contribution < -0.4 is 5.32 Å². The third-order valence-electron chi connectivity index (χ3n) is 2.48. The van der Waals surface area contributed by atoms with Crippen LogP contribution in [0.2, 0.25) is 0 Å². The second-order valence-corrected chi connectivity index (χ2v) is 3.28.